The summed E-state index contributed by atoms with van der Waals surface area (Å²) in [6.45, 7) is 5.84. The van der Waals surface area contributed by atoms with Crippen LogP contribution in [0.4, 0.5) is 15.8 Å². The Kier molecular flexibility index (Phi) is 5.92. The molecule has 0 aromatic heterocycles. The highest BCUT2D eigenvalue weighted by atomic mass is 35.5. The number of amides is 2. The van der Waals surface area contributed by atoms with Crippen molar-refractivity contribution in [2.45, 2.75) is 13.5 Å². The normalized spacial score (nSPS) is 17.6. The van der Waals surface area contributed by atoms with Gasteiger partial charge in [-0.15, -0.1) is 0 Å². The molecule has 0 atom stereocenters. The van der Waals surface area contributed by atoms with Crippen LogP contribution in [0.3, 0.4) is 0 Å². The van der Waals surface area contributed by atoms with Crippen LogP contribution in [0.5, 0.6) is 0 Å². The fourth-order valence-electron chi connectivity index (χ4n) is 3.96. The minimum Gasteiger partial charge on any atom is -0.378 e. The maximum Gasteiger partial charge on any atom is 0.316 e. The van der Waals surface area contributed by atoms with Gasteiger partial charge in [0.05, 0.1) is 13.2 Å². The summed E-state index contributed by atoms with van der Waals surface area (Å²) in [5.74, 6) is -1.59. The smallest absolute Gasteiger partial charge is 0.316 e. The number of morpholine rings is 1. The first-order valence-corrected chi connectivity index (χ1v) is 10.3. The van der Waals surface area contributed by atoms with Gasteiger partial charge in [-0.2, -0.15) is 0 Å². The van der Waals surface area contributed by atoms with Crippen molar-refractivity contribution in [3.8, 4) is 0 Å². The van der Waals surface area contributed by atoms with Crippen molar-refractivity contribution in [2.75, 3.05) is 49.2 Å². The Morgan fingerprint density at radius 1 is 1.00 bits per heavy atom. The molecule has 2 amide bonds. The topological polar surface area (TPSA) is 53.1 Å². The lowest BCUT2D eigenvalue weighted by atomic mass is 10.1. The predicted octanol–water partition coefficient (Wildman–Crippen LogP) is 3.00. The van der Waals surface area contributed by atoms with Crippen molar-refractivity contribution < 1.29 is 18.7 Å². The molecule has 2 fully saturated rings. The average molecular weight is 432 g/mol. The number of hydrogen-bond acceptors (Lipinski definition) is 4. The van der Waals surface area contributed by atoms with Crippen molar-refractivity contribution in [3.05, 3.63) is 58.4 Å². The molecule has 0 radical (unpaired) electrons. The number of ether oxygens (including phenoxy) is 1. The third-order valence-electron chi connectivity index (χ3n) is 5.60. The molecule has 8 heteroatoms. The fraction of sp³-hybridized carbons (Fsp3) is 0.364. The molecule has 0 saturated carbocycles. The lowest BCUT2D eigenvalue weighted by molar-refractivity contribution is -0.146. The summed E-state index contributed by atoms with van der Waals surface area (Å²) in [7, 11) is 0. The number of carbonyl (C=O) groups excluding carboxylic acids is 2. The van der Waals surface area contributed by atoms with Gasteiger partial charge in [-0.05, 0) is 42.3 Å². The molecule has 2 aromatic carbocycles. The Hall–Kier alpha value is -2.64. The van der Waals surface area contributed by atoms with Crippen molar-refractivity contribution >= 4 is 34.8 Å². The second-order valence-corrected chi connectivity index (χ2v) is 7.85. The Labute approximate surface area is 179 Å². The van der Waals surface area contributed by atoms with Gasteiger partial charge in [0.15, 0.2) is 0 Å². The number of hydrogen-bond donors (Lipinski definition) is 0. The first kappa shape index (κ1) is 20.6. The lowest BCUT2D eigenvalue weighted by Crippen LogP contribution is -2.54. The van der Waals surface area contributed by atoms with E-state index in [0.717, 1.165) is 30.0 Å². The lowest BCUT2D eigenvalue weighted by Gasteiger charge is -2.36. The Morgan fingerprint density at radius 2 is 1.73 bits per heavy atom. The Morgan fingerprint density at radius 3 is 2.47 bits per heavy atom. The summed E-state index contributed by atoms with van der Waals surface area (Å²) in [6.07, 6.45) is 0. The second-order valence-electron chi connectivity index (χ2n) is 7.44. The summed E-state index contributed by atoms with van der Waals surface area (Å²) < 4.78 is 18.7. The summed E-state index contributed by atoms with van der Waals surface area (Å²) in [5, 5.41) is 0.242. The van der Waals surface area contributed by atoms with Crippen LogP contribution in [0.2, 0.25) is 5.02 Å². The zero-order chi connectivity index (χ0) is 21.3. The SMILES string of the molecule is Cc1c(N2CCOCC2)cccc1N1CCN(Cc2ccc(F)cc2Cl)C(=O)C1=O. The monoisotopic (exact) mass is 431 g/mol. The Bertz CT molecular complexity index is 978. The van der Waals surface area contributed by atoms with Gasteiger partial charge >= 0.3 is 11.8 Å². The van der Waals surface area contributed by atoms with Gasteiger partial charge in [0.2, 0.25) is 0 Å². The first-order chi connectivity index (χ1) is 14.5. The molecule has 2 aliphatic rings. The number of piperazine rings is 1. The quantitative estimate of drug-likeness (QED) is 0.698. The molecule has 0 aliphatic carbocycles. The van der Waals surface area contributed by atoms with Crippen LogP contribution in [0, 0.1) is 12.7 Å². The number of nitrogens with zero attached hydrogens (tertiary/aromatic N) is 3. The van der Waals surface area contributed by atoms with Gasteiger partial charge in [0, 0.05) is 49.1 Å². The van der Waals surface area contributed by atoms with E-state index in [4.69, 9.17) is 16.3 Å². The van der Waals surface area contributed by atoms with Crippen LogP contribution < -0.4 is 9.80 Å². The predicted molar refractivity (Wildman–Crippen MR) is 113 cm³/mol. The molecule has 0 N–H and O–H groups in total. The number of rotatable bonds is 4. The van der Waals surface area contributed by atoms with Crippen LogP contribution in [0.15, 0.2) is 36.4 Å². The number of anilines is 2. The number of benzene rings is 2. The molecule has 2 aromatic rings. The van der Waals surface area contributed by atoms with Gasteiger partial charge in [-0.1, -0.05) is 23.7 Å². The van der Waals surface area contributed by atoms with Crippen LogP contribution in [-0.2, 0) is 20.9 Å². The molecular formula is C22H23ClFN3O3. The highest BCUT2D eigenvalue weighted by Crippen LogP contribution is 2.31. The van der Waals surface area contributed by atoms with Gasteiger partial charge in [0.25, 0.3) is 0 Å². The van der Waals surface area contributed by atoms with Crippen molar-refractivity contribution in [1.82, 2.24) is 4.90 Å². The molecular weight excluding hydrogens is 409 g/mol. The van der Waals surface area contributed by atoms with E-state index in [1.807, 2.05) is 25.1 Å². The number of carbonyl (C=O) groups is 2. The van der Waals surface area contributed by atoms with Crippen LogP contribution in [0.1, 0.15) is 11.1 Å². The highest BCUT2D eigenvalue weighted by molar-refractivity contribution is 6.41. The summed E-state index contributed by atoms with van der Waals surface area (Å²) in [6, 6.07) is 9.86. The Balaban J connectivity index is 1.52. The molecule has 2 saturated heterocycles. The molecule has 2 aliphatic heterocycles. The maximum absolute atomic E-state index is 13.3. The molecule has 6 nitrogen and oxygen atoms in total. The van der Waals surface area contributed by atoms with Gasteiger partial charge < -0.3 is 19.4 Å². The summed E-state index contributed by atoms with van der Waals surface area (Å²) in [5.41, 5.74) is 3.38. The number of halogens is 2. The van der Waals surface area contributed by atoms with Crippen molar-refractivity contribution in [2.24, 2.45) is 0 Å². The van der Waals surface area contributed by atoms with Crippen LogP contribution in [-0.4, -0.2) is 56.1 Å². The minimum absolute atomic E-state index is 0.171. The van der Waals surface area contributed by atoms with E-state index in [1.165, 1.54) is 23.1 Å². The van der Waals surface area contributed by atoms with Gasteiger partial charge in [-0.25, -0.2) is 4.39 Å². The third-order valence-corrected chi connectivity index (χ3v) is 5.96. The first-order valence-electron chi connectivity index (χ1n) is 9.92. The van der Waals surface area contributed by atoms with Crippen molar-refractivity contribution in [1.29, 1.82) is 0 Å². The molecule has 0 bridgehead atoms. The zero-order valence-electron chi connectivity index (χ0n) is 16.7. The van der Waals surface area contributed by atoms with E-state index in [-0.39, 0.29) is 11.6 Å². The van der Waals surface area contributed by atoms with Crippen LogP contribution >= 0.6 is 11.6 Å². The highest BCUT2D eigenvalue weighted by Gasteiger charge is 2.34. The maximum atomic E-state index is 13.3. The van der Waals surface area contributed by atoms with E-state index in [2.05, 4.69) is 4.90 Å². The standard InChI is InChI=1S/C22H23ClFN3O3/c1-15-19(25-9-11-30-12-10-25)3-2-4-20(15)27-8-7-26(21(28)22(27)29)14-16-5-6-17(24)13-18(16)23/h2-6,13H,7-12,14H2,1H3. The molecule has 0 unspecified atom stereocenters. The summed E-state index contributed by atoms with van der Waals surface area (Å²) >= 11 is 6.08. The van der Waals surface area contributed by atoms with E-state index in [1.54, 1.807) is 4.90 Å². The van der Waals surface area contributed by atoms with E-state index in [9.17, 15) is 14.0 Å². The van der Waals surface area contributed by atoms with E-state index < -0.39 is 17.6 Å². The minimum atomic E-state index is -0.585. The van der Waals surface area contributed by atoms with Gasteiger partial charge in [-0.3, -0.25) is 9.59 Å². The zero-order valence-corrected chi connectivity index (χ0v) is 17.5. The fourth-order valence-corrected chi connectivity index (χ4v) is 4.19. The molecule has 4 rings (SSSR count). The molecule has 158 valence electrons. The molecule has 2 heterocycles. The molecule has 0 spiro atoms. The average Bonchev–Trinajstić information content (AvgIpc) is 2.74. The van der Waals surface area contributed by atoms with Crippen molar-refractivity contribution in [3.63, 3.8) is 0 Å². The van der Waals surface area contributed by atoms with E-state index >= 15 is 0 Å². The van der Waals surface area contributed by atoms with Crippen LogP contribution in [0.25, 0.3) is 0 Å². The third kappa shape index (κ3) is 4.00. The largest absolute Gasteiger partial charge is 0.378 e. The second kappa shape index (κ2) is 8.62. The van der Waals surface area contributed by atoms with E-state index in [0.29, 0.717) is 31.9 Å². The summed E-state index contributed by atoms with van der Waals surface area (Å²) in [4.78, 5) is 30.9. The molecule has 30 heavy (non-hydrogen) atoms. The van der Waals surface area contributed by atoms with Gasteiger partial charge in [0.1, 0.15) is 5.82 Å².